The van der Waals surface area contributed by atoms with Crippen molar-refractivity contribution in [3.63, 3.8) is 0 Å². The third kappa shape index (κ3) is 9.55. The fourth-order valence-corrected chi connectivity index (χ4v) is 6.19. The number of nitrogens with one attached hydrogen (secondary N) is 1. The number of aliphatic hydroxyl groups excluding tert-OH is 1. The summed E-state index contributed by atoms with van der Waals surface area (Å²) in [5.41, 5.74) is 5.62. The van der Waals surface area contributed by atoms with Gasteiger partial charge in [0, 0.05) is 44.7 Å². The number of aliphatic hydroxyl groups is 1. The number of anilines is 1. The predicted molar refractivity (Wildman–Crippen MR) is 199 cm³/mol. The summed E-state index contributed by atoms with van der Waals surface area (Å²) in [5.74, 6) is 0.602. The highest BCUT2D eigenvalue weighted by atomic mass is 16.5. The fourth-order valence-electron chi connectivity index (χ4n) is 6.19. The second-order valence-electron chi connectivity index (χ2n) is 12.5. The van der Waals surface area contributed by atoms with Gasteiger partial charge in [0.2, 0.25) is 5.91 Å². The van der Waals surface area contributed by atoms with Crippen molar-refractivity contribution in [1.82, 2.24) is 19.6 Å². The van der Waals surface area contributed by atoms with Crippen LogP contribution in [0.5, 0.6) is 11.5 Å². The Morgan fingerprint density at radius 1 is 0.882 bits per heavy atom. The number of aryl methyl sites for hydroxylation is 1. The first-order chi connectivity index (χ1) is 24.8. The van der Waals surface area contributed by atoms with Gasteiger partial charge in [-0.15, -0.1) is 0 Å². The Labute approximate surface area is 301 Å². The predicted octanol–water partition coefficient (Wildman–Crippen LogP) is 6.23. The van der Waals surface area contributed by atoms with Gasteiger partial charge in [-0.25, -0.2) is 4.68 Å². The van der Waals surface area contributed by atoms with E-state index in [0.29, 0.717) is 60.3 Å². The van der Waals surface area contributed by atoms with Crippen molar-refractivity contribution in [3.05, 3.63) is 100 Å². The highest BCUT2D eigenvalue weighted by molar-refractivity contribution is 6.01. The zero-order valence-corrected chi connectivity index (χ0v) is 30.7. The minimum absolute atomic E-state index is 0.102. The van der Waals surface area contributed by atoms with Crippen LogP contribution in [-0.4, -0.2) is 83.4 Å². The van der Waals surface area contributed by atoms with Gasteiger partial charge in [-0.3, -0.25) is 14.4 Å². The smallest absolute Gasteiger partial charge is 0.274 e. The van der Waals surface area contributed by atoms with E-state index in [2.05, 4.69) is 31.3 Å². The highest BCUT2D eigenvalue weighted by Crippen LogP contribution is 2.29. The van der Waals surface area contributed by atoms with Crippen molar-refractivity contribution in [2.24, 2.45) is 0 Å². The molecule has 0 bridgehead atoms. The molecule has 11 heteroatoms. The number of carbonyl (C=O) groups is 3. The summed E-state index contributed by atoms with van der Waals surface area (Å²) < 4.78 is 12.4. The minimum atomic E-state index is -0.243. The molecule has 0 aliphatic carbocycles. The second kappa shape index (κ2) is 18.7. The highest BCUT2D eigenvalue weighted by Gasteiger charge is 2.27. The molecule has 0 atom stereocenters. The first-order valence-corrected chi connectivity index (χ1v) is 17.6. The zero-order valence-electron chi connectivity index (χ0n) is 30.7. The van der Waals surface area contributed by atoms with Crippen LogP contribution >= 0.6 is 0 Å². The Kier molecular flexibility index (Phi) is 14.2. The van der Waals surface area contributed by atoms with Gasteiger partial charge < -0.3 is 29.7 Å². The molecule has 5 rings (SSSR count). The number of fused-ring (bicyclic) bond motifs is 1. The zero-order chi connectivity index (χ0) is 36.9. The van der Waals surface area contributed by atoms with Gasteiger partial charge >= 0.3 is 0 Å². The molecule has 3 amide bonds. The summed E-state index contributed by atoms with van der Waals surface area (Å²) in [6.45, 7) is 8.52. The summed E-state index contributed by atoms with van der Waals surface area (Å²) in [7, 11) is 4.12. The molecule has 11 nitrogen and oxygen atoms in total. The van der Waals surface area contributed by atoms with E-state index < -0.39 is 0 Å². The van der Waals surface area contributed by atoms with Crippen molar-refractivity contribution in [2.45, 2.75) is 65.8 Å². The van der Waals surface area contributed by atoms with E-state index in [1.165, 1.54) is 5.56 Å². The van der Waals surface area contributed by atoms with Crippen molar-refractivity contribution in [2.75, 3.05) is 46.3 Å². The molecule has 272 valence electrons. The van der Waals surface area contributed by atoms with Crippen LogP contribution in [-0.2, 0) is 24.2 Å². The maximum absolute atomic E-state index is 14.3. The van der Waals surface area contributed by atoms with E-state index in [4.69, 9.17) is 19.7 Å². The number of ether oxygens (including phenoxy) is 2. The monoisotopic (exact) mass is 697 g/mol. The Bertz CT molecular complexity index is 1790. The molecule has 0 saturated carbocycles. The van der Waals surface area contributed by atoms with Crippen LogP contribution in [0.4, 0.5) is 5.69 Å². The molecule has 2 heterocycles. The van der Waals surface area contributed by atoms with E-state index >= 15 is 0 Å². The number of amides is 3. The Morgan fingerprint density at radius 3 is 2.24 bits per heavy atom. The van der Waals surface area contributed by atoms with Crippen LogP contribution in [0.15, 0.2) is 66.7 Å². The fraction of sp³-hybridized carbons (Fsp3) is 0.400. The van der Waals surface area contributed by atoms with Gasteiger partial charge in [0.25, 0.3) is 11.8 Å². The van der Waals surface area contributed by atoms with Gasteiger partial charge in [0.1, 0.15) is 0 Å². The quantitative estimate of drug-likeness (QED) is 0.160. The molecular formula is C40H51N5O6. The van der Waals surface area contributed by atoms with Crippen molar-refractivity contribution in [1.29, 1.82) is 0 Å². The summed E-state index contributed by atoms with van der Waals surface area (Å²) >= 11 is 0. The lowest BCUT2D eigenvalue weighted by molar-refractivity contribution is -0.115. The second-order valence-corrected chi connectivity index (χ2v) is 12.5. The maximum Gasteiger partial charge on any atom is 0.274 e. The first kappa shape index (κ1) is 38.6. The lowest BCUT2D eigenvalue weighted by atomic mass is 9.99. The number of hydrogen-bond acceptors (Lipinski definition) is 7. The lowest BCUT2D eigenvalue weighted by Gasteiger charge is -2.29. The first-order valence-electron chi connectivity index (χ1n) is 17.6. The number of rotatable bonds is 14. The number of methoxy groups -OCH3 is 2. The van der Waals surface area contributed by atoms with Gasteiger partial charge in [0.15, 0.2) is 17.2 Å². The number of nitrogens with zero attached hydrogens (tertiary/aromatic N) is 4. The maximum atomic E-state index is 14.3. The molecule has 1 aliphatic heterocycles. The average Bonchev–Trinajstić information content (AvgIpc) is 3.55. The number of aromatic nitrogens is 2. The van der Waals surface area contributed by atoms with E-state index in [1.54, 1.807) is 55.3 Å². The number of unbranched alkanes of at least 4 members (excludes halogenated alkanes) is 2. The van der Waals surface area contributed by atoms with Crippen LogP contribution in [0.1, 0.15) is 82.8 Å². The Hall–Kier alpha value is -5.16. The average molecular weight is 698 g/mol. The van der Waals surface area contributed by atoms with Crippen molar-refractivity contribution < 1.29 is 29.0 Å². The normalized spacial score (nSPS) is 11.9. The van der Waals surface area contributed by atoms with Crippen LogP contribution < -0.4 is 14.8 Å². The molecule has 0 spiro atoms. The number of carbonyl (C=O) groups excluding carboxylic acids is 3. The summed E-state index contributed by atoms with van der Waals surface area (Å²) in [5, 5.41) is 14.7. The van der Waals surface area contributed by atoms with Gasteiger partial charge in [-0.2, -0.15) is 5.10 Å². The van der Waals surface area contributed by atoms with E-state index in [9.17, 15) is 14.4 Å². The van der Waals surface area contributed by atoms with Crippen LogP contribution in [0.3, 0.4) is 0 Å². The summed E-state index contributed by atoms with van der Waals surface area (Å²) in [6.07, 6.45) is 4.69. The molecule has 4 aromatic rings. The van der Waals surface area contributed by atoms with Gasteiger partial charge in [0.05, 0.1) is 31.9 Å². The standard InChI is InChI=1S/C39H47N5O5.CH4O/c1-6-8-19-42(20-9-7-2)39(47)33-22-27(3)44(41-33)34-16-15-31(40-37(45)24-28-14-17-35(48-4)36(23-28)49-5)25-32(34)38(46)43-21-18-29-12-10-11-13-30(29)26-43;1-2/h10-17,22-23,25H,6-9,18-21,24,26H2,1-5H3,(H,40,45);2H,1H3. The third-order valence-corrected chi connectivity index (χ3v) is 8.93. The topological polar surface area (TPSA) is 126 Å². The van der Waals surface area contributed by atoms with Gasteiger partial charge in [-0.1, -0.05) is 57.0 Å². The largest absolute Gasteiger partial charge is 0.493 e. The van der Waals surface area contributed by atoms with Crippen LogP contribution in [0.25, 0.3) is 5.69 Å². The molecule has 0 unspecified atom stereocenters. The molecule has 0 fully saturated rings. The number of benzene rings is 3. The summed E-state index contributed by atoms with van der Waals surface area (Å²) in [6, 6.07) is 20.6. The Morgan fingerprint density at radius 2 is 1.57 bits per heavy atom. The third-order valence-electron chi connectivity index (χ3n) is 8.93. The molecular weight excluding hydrogens is 646 g/mol. The number of hydrogen-bond donors (Lipinski definition) is 2. The van der Waals surface area contributed by atoms with E-state index in [1.807, 2.05) is 34.9 Å². The molecule has 1 aliphatic rings. The molecule has 51 heavy (non-hydrogen) atoms. The Balaban J connectivity index is 0.00000286. The molecule has 0 radical (unpaired) electrons. The van der Waals surface area contributed by atoms with Crippen LogP contribution in [0.2, 0.25) is 0 Å². The van der Waals surface area contributed by atoms with Crippen molar-refractivity contribution >= 4 is 23.4 Å². The van der Waals surface area contributed by atoms with E-state index in [-0.39, 0.29) is 24.1 Å². The van der Waals surface area contributed by atoms with Gasteiger partial charge in [-0.05, 0) is 79.3 Å². The molecule has 0 saturated heterocycles. The van der Waals surface area contributed by atoms with E-state index in [0.717, 1.165) is 56.0 Å². The summed E-state index contributed by atoms with van der Waals surface area (Å²) in [4.78, 5) is 44.9. The molecule has 2 N–H and O–H groups in total. The molecule has 3 aromatic carbocycles. The lowest BCUT2D eigenvalue weighted by Crippen LogP contribution is -2.36. The van der Waals surface area contributed by atoms with Crippen LogP contribution in [0, 0.1) is 6.92 Å². The minimum Gasteiger partial charge on any atom is -0.493 e. The van der Waals surface area contributed by atoms with Crippen molar-refractivity contribution in [3.8, 4) is 17.2 Å². The molecule has 1 aromatic heterocycles. The SMILES string of the molecule is CCCCN(CCCC)C(=O)c1cc(C)n(-c2ccc(NC(=O)Cc3ccc(OC)c(OC)c3)cc2C(=O)N2CCc3ccccc3C2)n1.CO.